The monoisotopic (exact) mass is 161 g/mol. The molecule has 0 saturated carbocycles. The molecule has 1 aliphatic heterocycles. The molecule has 0 radical (unpaired) electrons. The molecule has 0 bridgehead atoms. The number of rotatable bonds is 0. The summed E-state index contributed by atoms with van der Waals surface area (Å²) in [5.41, 5.74) is 2.00. The van der Waals surface area contributed by atoms with Gasteiger partial charge in [0.1, 0.15) is 11.8 Å². The first-order chi connectivity index (χ1) is 5.83. The van der Waals surface area contributed by atoms with Gasteiger partial charge in [-0.2, -0.15) is 5.26 Å². The number of nitrogens with zero attached hydrogens (tertiary/aromatic N) is 2. The van der Waals surface area contributed by atoms with Gasteiger partial charge in [-0.05, 0) is 19.1 Å². The molecule has 12 heavy (non-hydrogen) atoms. The smallest absolute Gasteiger partial charge is 0.120 e. The van der Waals surface area contributed by atoms with Gasteiger partial charge in [0.15, 0.2) is 0 Å². The van der Waals surface area contributed by atoms with Crippen LogP contribution in [0, 0.1) is 11.3 Å². The fraction of sp³-hybridized carbons (Fsp3) is 0.444. The molecule has 1 aliphatic rings. The lowest BCUT2D eigenvalue weighted by Crippen LogP contribution is -2.31. The Balaban J connectivity index is 2.49. The van der Waals surface area contributed by atoms with Crippen LogP contribution in [0.25, 0.3) is 0 Å². The Hall–Kier alpha value is -1.27. The van der Waals surface area contributed by atoms with Gasteiger partial charge in [-0.3, -0.25) is 0 Å². The minimum atomic E-state index is 0.376. The van der Waals surface area contributed by atoms with E-state index in [0.717, 1.165) is 18.8 Å². The van der Waals surface area contributed by atoms with Crippen LogP contribution in [-0.4, -0.2) is 11.1 Å². The molecule has 0 amide bonds. The SMILES string of the molecule is C[C@@H]1NCCn2c(C#N)ccc21. The number of hydrogen-bond donors (Lipinski definition) is 1. The Morgan fingerprint density at radius 3 is 3.25 bits per heavy atom. The van der Waals surface area contributed by atoms with Crippen LogP contribution in [0.3, 0.4) is 0 Å². The Morgan fingerprint density at radius 2 is 2.50 bits per heavy atom. The van der Waals surface area contributed by atoms with Gasteiger partial charge in [-0.1, -0.05) is 0 Å². The first-order valence-corrected chi connectivity index (χ1v) is 4.16. The second-order valence-corrected chi connectivity index (χ2v) is 3.08. The zero-order valence-corrected chi connectivity index (χ0v) is 7.04. The summed E-state index contributed by atoms with van der Waals surface area (Å²) in [4.78, 5) is 0. The fourth-order valence-electron chi connectivity index (χ4n) is 1.71. The zero-order chi connectivity index (χ0) is 8.55. The lowest BCUT2D eigenvalue weighted by molar-refractivity contribution is 0.446. The molecule has 0 unspecified atom stereocenters. The Bertz CT molecular complexity index is 332. The van der Waals surface area contributed by atoms with Crippen LogP contribution in [-0.2, 0) is 6.54 Å². The Morgan fingerprint density at radius 1 is 1.67 bits per heavy atom. The molecule has 62 valence electrons. The van der Waals surface area contributed by atoms with Gasteiger partial charge in [0.25, 0.3) is 0 Å². The van der Waals surface area contributed by atoms with E-state index >= 15 is 0 Å². The first kappa shape index (κ1) is 7.38. The second kappa shape index (κ2) is 2.65. The van der Waals surface area contributed by atoms with Gasteiger partial charge < -0.3 is 9.88 Å². The standard InChI is InChI=1S/C9H11N3/c1-7-9-3-2-8(6-10)12(9)5-4-11-7/h2-3,7,11H,4-5H2,1H3/t7-/m0/s1. The summed E-state index contributed by atoms with van der Waals surface area (Å²) < 4.78 is 2.08. The Labute approximate surface area is 71.6 Å². The highest BCUT2D eigenvalue weighted by Gasteiger charge is 2.17. The molecule has 3 heteroatoms. The van der Waals surface area contributed by atoms with Crippen molar-refractivity contribution in [1.82, 2.24) is 9.88 Å². The topological polar surface area (TPSA) is 40.8 Å². The molecule has 0 aliphatic carbocycles. The fourth-order valence-corrected chi connectivity index (χ4v) is 1.71. The van der Waals surface area contributed by atoms with E-state index in [9.17, 15) is 0 Å². The van der Waals surface area contributed by atoms with Crippen molar-refractivity contribution in [2.75, 3.05) is 6.54 Å². The first-order valence-electron chi connectivity index (χ1n) is 4.16. The average molecular weight is 161 g/mol. The third kappa shape index (κ3) is 0.926. The van der Waals surface area contributed by atoms with Crippen LogP contribution in [0.4, 0.5) is 0 Å². The number of nitriles is 1. The van der Waals surface area contributed by atoms with Gasteiger partial charge in [-0.15, -0.1) is 0 Å². The molecule has 0 fully saturated rings. The van der Waals surface area contributed by atoms with E-state index in [-0.39, 0.29) is 0 Å². The maximum absolute atomic E-state index is 8.78. The zero-order valence-electron chi connectivity index (χ0n) is 7.04. The van der Waals surface area contributed by atoms with E-state index in [2.05, 4.69) is 22.9 Å². The molecule has 2 rings (SSSR count). The van der Waals surface area contributed by atoms with Gasteiger partial charge >= 0.3 is 0 Å². The van der Waals surface area contributed by atoms with Crippen molar-refractivity contribution in [1.29, 1.82) is 5.26 Å². The molecule has 2 heterocycles. The molecular weight excluding hydrogens is 150 g/mol. The second-order valence-electron chi connectivity index (χ2n) is 3.08. The minimum Gasteiger partial charge on any atom is -0.334 e. The maximum atomic E-state index is 8.78. The summed E-state index contributed by atoms with van der Waals surface area (Å²) in [5, 5.41) is 12.1. The summed E-state index contributed by atoms with van der Waals surface area (Å²) >= 11 is 0. The summed E-state index contributed by atoms with van der Waals surface area (Å²) in [6.45, 7) is 3.99. The van der Waals surface area contributed by atoms with Crippen LogP contribution < -0.4 is 5.32 Å². The molecule has 1 N–H and O–H groups in total. The summed E-state index contributed by atoms with van der Waals surface area (Å²) in [6, 6.07) is 6.48. The minimum absolute atomic E-state index is 0.376. The predicted molar refractivity (Wildman–Crippen MR) is 45.6 cm³/mol. The van der Waals surface area contributed by atoms with Crippen molar-refractivity contribution < 1.29 is 0 Å². The van der Waals surface area contributed by atoms with E-state index in [1.54, 1.807) is 0 Å². The molecule has 1 aromatic rings. The summed E-state index contributed by atoms with van der Waals surface area (Å²) in [7, 11) is 0. The van der Waals surface area contributed by atoms with Crippen molar-refractivity contribution >= 4 is 0 Å². The highest BCUT2D eigenvalue weighted by Crippen LogP contribution is 2.19. The van der Waals surface area contributed by atoms with E-state index in [0.29, 0.717) is 6.04 Å². The summed E-state index contributed by atoms with van der Waals surface area (Å²) in [6.07, 6.45) is 0. The molecule has 1 aromatic heterocycles. The summed E-state index contributed by atoms with van der Waals surface area (Å²) in [5.74, 6) is 0. The molecule has 1 atom stereocenters. The van der Waals surface area contributed by atoms with Gasteiger partial charge in [0, 0.05) is 24.8 Å². The van der Waals surface area contributed by atoms with Crippen molar-refractivity contribution in [3.8, 4) is 6.07 Å². The molecule has 3 nitrogen and oxygen atoms in total. The van der Waals surface area contributed by atoms with Crippen LogP contribution in [0.2, 0.25) is 0 Å². The van der Waals surface area contributed by atoms with Crippen LogP contribution in [0.5, 0.6) is 0 Å². The van der Waals surface area contributed by atoms with Gasteiger partial charge in [-0.25, -0.2) is 0 Å². The molecule has 0 saturated heterocycles. The van der Waals surface area contributed by atoms with Gasteiger partial charge in [0.05, 0.1) is 0 Å². The van der Waals surface area contributed by atoms with E-state index in [1.165, 1.54) is 5.69 Å². The lowest BCUT2D eigenvalue weighted by Gasteiger charge is -2.23. The number of aromatic nitrogens is 1. The van der Waals surface area contributed by atoms with Crippen LogP contribution >= 0.6 is 0 Å². The van der Waals surface area contributed by atoms with E-state index in [1.807, 2.05) is 12.1 Å². The normalized spacial score (nSPS) is 21.5. The number of hydrogen-bond acceptors (Lipinski definition) is 2. The largest absolute Gasteiger partial charge is 0.334 e. The van der Waals surface area contributed by atoms with Gasteiger partial charge in [0.2, 0.25) is 0 Å². The maximum Gasteiger partial charge on any atom is 0.120 e. The number of fused-ring (bicyclic) bond motifs is 1. The molecule has 0 aromatic carbocycles. The van der Waals surface area contributed by atoms with Crippen molar-refractivity contribution in [2.45, 2.75) is 19.5 Å². The predicted octanol–water partition coefficient (Wildman–Crippen LogP) is 1.02. The van der Waals surface area contributed by atoms with Crippen LogP contribution in [0.15, 0.2) is 12.1 Å². The average Bonchev–Trinajstić information content (AvgIpc) is 2.49. The molecular formula is C9H11N3. The molecule has 0 spiro atoms. The highest BCUT2D eigenvalue weighted by molar-refractivity contribution is 5.29. The van der Waals surface area contributed by atoms with Crippen molar-refractivity contribution in [3.05, 3.63) is 23.5 Å². The third-order valence-electron chi connectivity index (χ3n) is 2.36. The van der Waals surface area contributed by atoms with Crippen molar-refractivity contribution in [2.24, 2.45) is 0 Å². The highest BCUT2D eigenvalue weighted by atomic mass is 15.1. The van der Waals surface area contributed by atoms with Crippen LogP contribution in [0.1, 0.15) is 24.4 Å². The van der Waals surface area contributed by atoms with E-state index in [4.69, 9.17) is 5.26 Å². The van der Waals surface area contributed by atoms with E-state index < -0.39 is 0 Å². The number of nitrogens with one attached hydrogen (secondary N) is 1. The third-order valence-corrected chi connectivity index (χ3v) is 2.36. The lowest BCUT2D eigenvalue weighted by atomic mass is 10.2. The van der Waals surface area contributed by atoms with Crippen molar-refractivity contribution in [3.63, 3.8) is 0 Å². The Kier molecular flexibility index (Phi) is 1.63. The quantitative estimate of drug-likeness (QED) is 0.617.